The van der Waals surface area contributed by atoms with E-state index in [-0.39, 0.29) is 5.69 Å². The molecule has 3 rings (SSSR count). The minimum absolute atomic E-state index is 0.225. The van der Waals surface area contributed by atoms with E-state index >= 15 is 0 Å². The third kappa shape index (κ3) is 3.25. The van der Waals surface area contributed by atoms with Crippen LogP contribution < -0.4 is 4.90 Å². The smallest absolute Gasteiger partial charge is 0.280 e. The summed E-state index contributed by atoms with van der Waals surface area (Å²) >= 11 is 0. The van der Waals surface area contributed by atoms with E-state index in [1.807, 2.05) is 23.4 Å². The zero-order valence-corrected chi connectivity index (χ0v) is 14.3. The van der Waals surface area contributed by atoms with Crippen LogP contribution in [0.1, 0.15) is 44.5 Å². The minimum Gasteiger partial charge on any atom is -0.341 e. The average molecular weight is 335 g/mol. The maximum absolute atomic E-state index is 13.3. The molecule has 5 nitrogen and oxygen atoms in total. The number of aryl methyl sites for hydroxylation is 1. The Hall–Kier alpha value is -2.05. The van der Waals surface area contributed by atoms with E-state index in [9.17, 15) is 8.78 Å². The number of alkyl halides is 2. The van der Waals surface area contributed by atoms with Crippen LogP contribution >= 0.6 is 0 Å². The van der Waals surface area contributed by atoms with E-state index in [2.05, 4.69) is 22.0 Å². The summed E-state index contributed by atoms with van der Waals surface area (Å²) in [5.74, 6) is 0.920. The molecular formula is C17H23F2N5. The molecule has 1 aliphatic heterocycles. The summed E-state index contributed by atoms with van der Waals surface area (Å²) in [5, 5.41) is 4.29. The molecule has 0 bridgehead atoms. The molecule has 1 unspecified atom stereocenters. The molecule has 2 aromatic heterocycles. The number of piperidine rings is 1. The second-order valence-electron chi connectivity index (χ2n) is 6.43. The number of hydrogen-bond acceptors (Lipinski definition) is 4. The lowest BCUT2D eigenvalue weighted by atomic mass is 10.0. The topological polar surface area (TPSA) is 46.8 Å². The molecule has 0 spiro atoms. The molecule has 130 valence electrons. The number of nitrogens with zero attached hydrogens (tertiary/aromatic N) is 5. The number of anilines is 1. The van der Waals surface area contributed by atoms with Gasteiger partial charge in [-0.15, -0.1) is 0 Å². The van der Waals surface area contributed by atoms with Crippen LogP contribution in [0.2, 0.25) is 0 Å². The largest absolute Gasteiger partial charge is 0.341 e. The van der Waals surface area contributed by atoms with Crippen molar-refractivity contribution in [1.82, 2.24) is 19.7 Å². The number of halogens is 2. The SMILES string of the molecule is CCn1ncc(-c2cc(C(F)F)nc(N3CCCC(C)C3)n2)c1C. The Labute approximate surface area is 140 Å². The quantitative estimate of drug-likeness (QED) is 0.852. The molecule has 1 saturated heterocycles. The van der Waals surface area contributed by atoms with Gasteiger partial charge in [-0.25, -0.2) is 18.7 Å². The van der Waals surface area contributed by atoms with Crippen molar-refractivity contribution in [2.75, 3.05) is 18.0 Å². The van der Waals surface area contributed by atoms with Gasteiger partial charge in [0.25, 0.3) is 6.43 Å². The number of rotatable bonds is 4. The first kappa shape index (κ1) is 16.8. The lowest BCUT2D eigenvalue weighted by molar-refractivity contribution is 0.146. The maximum atomic E-state index is 13.3. The molecule has 1 aliphatic rings. The van der Waals surface area contributed by atoms with Crippen molar-refractivity contribution in [2.24, 2.45) is 5.92 Å². The Kier molecular flexibility index (Phi) is 4.78. The fourth-order valence-corrected chi connectivity index (χ4v) is 3.23. The molecule has 0 amide bonds. The second-order valence-corrected chi connectivity index (χ2v) is 6.43. The minimum atomic E-state index is -2.62. The van der Waals surface area contributed by atoms with Crippen LogP contribution in [0.15, 0.2) is 12.3 Å². The second kappa shape index (κ2) is 6.83. The Morgan fingerprint density at radius 1 is 1.33 bits per heavy atom. The summed E-state index contributed by atoms with van der Waals surface area (Å²) in [4.78, 5) is 10.7. The van der Waals surface area contributed by atoms with Gasteiger partial charge in [0.05, 0.1) is 11.9 Å². The van der Waals surface area contributed by atoms with Crippen LogP contribution in [0.3, 0.4) is 0 Å². The monoisotopic (exact) mass is 335 g/mol. The van der Waals surface area contributed by atoms with E-state index in [4.69, 9.17) is 0 Å². The lowest BCUT2D eigenvalue weighted by Crippen LogP contribution is -2.35. The van der Waals surface area contributed by atoms with Crippen molar-refractivity contribution in [3.8, 4) is 11.3 Å². The summed E-state index contributed by atoms with van der Waals surface area (Å²) in [5.41, 5.74) is 2.00. The van der Waals surface area contributed by atoms with Gasteiger partial charge in [-0.1, -0.05) is 6.92 Å². The van der Waals surface area contributed by atoms with Gasteiger partial charge >= 0.3 is 0 Å². The molecule has 0 N–H and O–H groups in total. The summed E-state index contributed by atoms with van der Waals surface area (Å²) < 4.78 is 28.5. The van der Waals surface area contributed by atoms with Crippen molar-refractivity contribution in [3.05, 3.63) is 23.7 Å². The molecule has 0 radical (unpaired) electrons. The predicted molar refractivity (Wildman–Crippen MR) is 89.2 cm³/mol. The van der Waals surface area contributed by atoms with Gasteiger partial charge in [0.2, 0.25) is 5.95 Å². The van der Waals surface area contributed by atoms with E-state index in [0.717, 1.165) is 43.7 Å². The van der Waals surface area contributed by atoms with E-state index in [0.29, 0.717) is 17.6 Å². The van der Waals surface area contributed by atoms with Gasteiger partial charge in [-0.05, 0) is 38.7 Å². The Morgan fingerprint density at radius 2 is 2.12 bits per heavy atom. The first-order valence-electron chi connectivity index (χ1n) is 8.44. The van der Waals surface area contributed by atoms with E-state index < -0.39 is 6.43 Å². The van der Waals surface area contributed by atoms with Crippen molar-refractivity contribution >= 4 is 5.95 Å². The van der Waals surface area contributed by atoms with Crippen LogP contribution in [0.25, 0.3) is 11.3 Å². The standard InChI is InChI=1S/C17H23F2N5/c1-4-24-12(3)13(9-20-24)14-8-15(16(18)19)22-17(21-14)23-7-5-6-11(2)10-23/h8-9,11,16H,4-7,10H2,1-3H3. The Balaban J connectivity index is 2.04. The fourth-order valence-electron chi connectivity index (χ4n) is 3.23. The first-order valence-corrected chi connectivity index (χ1v) is 8.44. The van der Waals surface area contributed by atoms with Gasteiger partial charge in [0.1, 0.15) is 5.69 Å². The van der Waals surface area contributed by atoms with Crippen LogP contribution in [0.5, 0.6) is 0 Å². The molecule has 3 heterocycles. The summed E-state index contributed by atoms with van der Waals surface area (Å²) in [6.07, 6.45) is 1.26. The maximum Gasteiger partial charge on any atom is 0.280 e. The zero-order valence-electron chi connectivity index (χ0n) is 14.3. The van der Waals surface area contributed by atoms with Crippen LogP contribution in [-0.4, -0.2) is 32.8 Å². The highest BCUT2D eigenvalue weighted by molar-refractivity contribution is 5.63. The van der Waals surface area contributed by atoms with Gasteiger partial charge in [-0.2, -0.15) is 5.10 Å². The van der Waals surface area contributed by atoms with Crippen LogP contribution in [0, 0.1) is 12.8 Å². The number of aromatic nitrogens is 4. The normalized spacial score (nSPS) is 18.4. The zero-order chi connectivity index (χ0) is 17.3. The van der Waals surface area contributed by atoms with E-state index in [1.165, 1.54) is 6.07 Å². The Bertz CT molecular complexity index is 713. The Morgan fingerprint density at radius 3 is 2.75 bits per heavy atom. The first-order chi connectivity index (χ1) is 11.5. The highest BCUT2D eigenvalue weighted by Crippen LogP contribution is 2.29. The third-order valence-electron chi connectivity index (χ3n) is 4.58. The summed E-state index contributed by atoms with van der Waals surface area (Å²) in [6.45, 7) is 8.44. The van der Waals surface area contributed by atoms with Crippen molar-refractivity contribution in [3.63, 3.8) is 0 Å². The van der Waals surface area contributed by atoms with Gasteiger partial charge < -0.3 is 4.90 Å². The lowest BCUT2D eigenvalue weighted by Gasteiger charge is -2.31. The third-order valence-corrected chi connectivity index (χ3v) is 4.58. The molecule has 2 aromatic rings. The van der Waals surface area contributed by atoms with Gasteiger partial charge in [-0.3, -0.25) is 4.68 Å². The van der Waals surface area contributed by atoms with Gasteiger partial charge in [0, 0.05) is 30.9 Å². The molecule has 1 atom stereocenters. The highest BCUT2D eigenvalue weighted by Gasteiger charge is 2.22. The van der Waals surface area contributed by atoms with Crippen molar-refractivity contribution in [2.45, 2.75) is 46.6 Å². The number of hydrogen-bond donors (Lipinski definition) is 0. The molecule has 1 fully saturated rings. The average Bonchev–Trinajstić information content (AvgIpc) is 2.95. The molecular weight excluding hydrogens is 312 g/mol. The molecule has 7 heteroatoms. The summed E-state index contributed by atoms with van der Waals surface area (Å²) in [6, 6.07) is 1.38. The van der Waals surface area contributed by atoms with Gasteiger partial charge in [0.15, 0.2) is 0 Å². The van der Waals surface area contributed by atoms with Crippen LogP contribution in [0.4, 0.5) is 14.7 Å². The van der Waals surface area contributed by atoms with Crippen molar-refractivity contribution in [1.29, 1.82) is 0 Å². The molecule has 24 heavy (non-hydrogen) atoms. The van der Waals surface area contributed by atoms with E-state index in [1.54, 1.807) is 6.20 Å². The molecule has 0 aliphatic carbocycles. The van der Waals surface area contributed by atoms with Crippen LogP contribution in [-0.2, 0) is 6.54 Å². The molecule has 0 saturated carbocycles. The highest BCUT2D eigenvalue weighted by atomic mass is 19.3. The van der Waals surface area contributed by atoms with Crippen molar-refractivity contribution < 1.29 is 8.78 Å². The predicted octanol–water partition coefficient (Wildman–Crippen LogP) is 3.84. The fraction of sp³-hybridized carbons (Fsp3) is 0.588. The molecule has 0 aromatic carbocycles. The summed E-state index contributed by atoms with van der Waals surface area (Å²) in [7, 11) is 0.